The van der Waals surface area contributed by atoms with E-state index in [0.29, 0.717) is 6.73 Å². The van der Waals surface area contributed by atoms with E-state index in [4.69, 9.17) is 14.9 Å². The van der Waals surface area contributed by atoms with Crippen molar-refractivity contribution in [3.05, 3.63) is 0 Å². The molecule has 0 aliphatic carbocycles. The van der Waals surface area contributed by atoms with Gasteiger partial charge >= 0.3 is 0 Å². The molecule has 0 spiro atoms. The van der Waals surface area contributed by atoms with Gasteiger partial charge < -0.3 is 14.9 Å². The first-order valence-electron chi connectivity index (χ1n) is 5.04. The molecule has 4 heteroatoms. The van der Waals surface area contributed by atoms with Gasteiger partial charge in [0.2, 0.25) is 0 Å². The Kier molecular flexibility index (Phi) is 6.27. The molecule has 3 N–H and O–H groups in total. The number of hydrogen-bond donors (Lipinski definition) is 3. The van der Waals surface area contributed by atoms with Gasteiger partial charge in [0, 0.05) is 5.92 Å². The number of rotatable bonds is 6. The van der Waals surface area contributed by atoms with E-state index in [0.717, 1.165) is 13.0 Å². The number of aliphatic hydroxyl groups excluding tert-OH is 1. The van der Waals surface area contributed by atoms with Gasteiger partial charge in [0.15, 0.2) is 6.29 Å². The Hall–Kier alpha value is -0.160. The molecule has 0 aliphatic heterocycles. The zero-order valence-electron chi connectivity index (χ0n) is 9.58. The van der Waals surface area contributed by atoms with E-state index >= 15 is 0 Å². The highest BCUT2D eigenvalue weighted by atomic mass is 16.5. The molecule has 1 unspecified atom stereocenters. The van der Waals surface area contributed by atoms with Gasteiger partial charge in [-0.2, -0.15) is 0 Å². The maximum Gasteiger partial charge on any atom is 0.154 e. The highest BCUT2D eigenvalue weighted by molar-refractivity contribution is 4.59. The third-order valence-electron chi connectivity index (χ3n) is 1.89. The molecule has 0 heterocycles. The minimum Gasteiger partial charge on any atom is -0.368 e. The largest absolute Gasteiger partial charge is 0.368 e. The van der Waals surface area contributed by atoms with Crippen molar-refractivity contribution in [3.63, 3.8) is 0 Å². The van der Waals surface area contributed by atoms with Gasteiger partial charge in [-0.1, -0.05) is 6.92 Å². The van der Waals surface area contributed by atoms with E-state index < -0.39 is 6.29 Å². The van der Waals surface area contributed by atoms with Crippen molar-refractivity contribution in [1.82, 2.24) is 5.32 Å². The second-order valence-corrected chi connectivity index (χ2v) is 4.58. The maximum atomic E-state index is 8.80. The molecule has 14 heavy (non-hydrogen) atoms. The average Bonchev–Trinajstić information content (AvgIpc) is 2.01. The minimum absolute atomic E-state index is 0.0999. The van der Waals surface area contributed by atoms with Crippen LogP contribution in [0.25, 0.3) is 0 Å². The van der Waals surface area contributed by atoms with Crippen LogP contribution >= 0.6 is 0 Å². The molecule has 86 valence electrons. The first-order valence-corrected chi connectivity index (χ1v) is 5.04. The van der Waals surface area contributed by atoms with E-state index in [1.807, 2.05) is 20.8 Å². The van der Waals surface area contributed by atoms with Crippen LogP contribution in [0.1, 0.15) is 34.1 Å². The van der Waals surface area contributed by atoms with Crippen molar-refractivity contribution in [2.45, 2.75) is 46.0 Å². The molecule has 0 radical (unpaired) electrons. The normalized spacial score (nSPS) is 14.8. The molecule has 0 saturated heterocycles. The summed E-state index contributed by atoms with van der Waals surface area (Å²) in [7, 11) is 0. The van der Waals surface area contributed by atoms with Crippen LogP contribution in [0.4, 0.5) is 0 Å². The smallest absolute Gasteiger partial charge is 0.154 e. The molecule has 0 saturated carbocycles. The summed E-state index contributed by atoms with van der Waals surface area (Å²) in [6, 6.07) is 0. The summed E-state index contributed by atoms with van der Waals surface area (Å²) in [5.74, 6) is -0.0999. The summed E-state index contributed by atoms with van der Waals surface area (Å²) in [6.45, 7) is 9.02. The molecule has 0 aromatic carbocycles. The first-order chi connectivity index (χ1) is 6.33. The van der Waals surface area contributed by atoms with Gasteiger partial charge in [0.05, 0.1) is 12.3 Å². The topological polar surface area (TPSA) is 61.7 Å². The molecule has 0 aliphatic rings. The monoisotopic (exact) mass is 205 g/mol. The van der Waals surface area contributed by atoms with Crippen LogP contribution in [-0.4, -0.2) is 35.4 Å². The lowest BCUT2D eigenvalue weighted by molar-refractivity contribution is -0.0811. The Bertz CT molecular complexity index is 143. The lowest BCUT2D eigenvalue weighted by Crippen LogP contribution is -2.30. The van der Waals surface area contributed by atoms with Gasteiger partial charge in [-0.25, -0.2) is 0 Å². The Labute approximate surface area is 86.3 Å². The minimum atomic E-state index is -1.22. The fourth-order valence-corrected chi connectivity index (χ4v) is 0.819. The fraction of sp³-hybridized carbons (Fsp3) is 1.00. The highest BCUT2D eigenvalue weighted by Crippen LogP contribution is 2.06. The Morgan fingerprint density at radius 2 is 1.86 bits per heavy atom. The van der Waals surface area contributed by atoms with Gasteiger partial charge in [0.25, 0.3) is 0 Å². The molecule has 0 bridgehead atoms. The fourth-order valence-electron chi connectivity index (χ4n) is 0.819. The van der Waals surface area contributed by atoms with E-state index in [1.165, 1.54) is 0 Å². The molecule has 0 aromatic heterocycles. The van der Waals surface area contributed by atoms with Crippen molar-refractivity contribution >= 4 is 0 Å². The molecule has 0 fully saturated rings. The molecular formula is C10H23NO3. The van der Waals surface area contributed by atoms with Gasteiger partial charge in [-0.15, -0.1) is 0 Å². The average molecular weight is 205 g/mol. The Balaban J connectivity index is 3.30. The van der Waals surface area contributed by atoms with E-state index in [2.05, 4.69) is 5.32 Å². The second-order valence-electron chi connectivity index (χ2n) is 4.58. The first kappa shape index (κ1) is 13.8. The summed E-state index contributed by atoms with van der Waals surface area (Å²) < 4.78 is 5.44. The zero-order valence-corrected chi connectivity index (χ0v) is 9.58. The van der Waals surface area contributed by atoms with Crippen molar-refractivity contribution < 1.29 is 14.9 Å². The van der Waals surface area contributed by atoms with Crippen molar-refractivity contribution in [2.24, 2.45) is 5.92 Å². The highest BCUT2D eigenvalue weighted by Gasteiger charge is 2.11. The Morgan fingerprint density at radius 3 is 2.29 bits per heavy atom. The molecule has 0 rings (SSSR count). The lowest BCUT2D eigenvalue weighted by atomic mass is 10.1. The van der Waals surface area contributed by atoms with Crippen LogP contribution in [0.2, 0.25) is 0 Å². The predicted molar refractivity (Wildman–Crippen MR) is 55.7 cm³/mol. The van der Waals surface area contributed by atoms with E-state index in [9.17, 15) is 0 Å². The second kappa shape index (κ2) is 6.35. The third-order valence-corrected chi connectivity index (χ3v) is 1.89. The number of ether oxygens (including phenoxy) is 1. The number of hydrogen-bond acceptors (Lipinski definition) is 4. The van der Waals surface area contributed by atoms with Crippen LogP contribution in [-0.2, 0) is 4.74 Å². The summed E-state index contributed by atoms with van der Waals surface area (Å²) >= 11 is 0. The van der Waals surface area contributed by atoms with Crippen molar-refractivity contribution in [3.8, 4) is 0 Å². The SMILES string of the molecule is CC(CCNCOC(C)(C)C)C(O)O. The van der Waals surface area contributed by atoms with Crippen LogP contribution in [0.5, 0.6) is 0 Å². The molecule has 0 amide bonds. The van der Waals surface area contributed by atoms with Gasteiger partial charge in [-0.05, 0) is 33.7 Å². The van der Waals surface area contributed by atoms with Crippen LogP contribution in [0.3, 0.4) is 0 Å². The quantitative estimate of drug-likeness (QED) is 0.441. The van der Waals surface area contributed by atoms with Gasteiger partial charge in [-0.3, -0.25) is 5.32 Å². The van der Waals surface area contributed by atoms with E-state index in [-0.39, 0.29) is 11.5 Å². The standard InChI is InChI=1S/C10H23NO3/c1-8(9(12)13)5-6-11-7-14-10(2,3)4/h8-9,11-13H,5-7H2,1-4H3. The maximum absolute atomic E-state index is 8.80. The predicted octanol–water partition coefficient (Wildman–Crippen LogP) is 0.685. The molecule has 0 aromatic rings. The van der Waals surface area contributed by atoms with E-state index in [1.54, 1.807) is 6.92 Å². The third kappa shape index (κ3) is 8.44. The van der Waals surface area contributed by atoms with Crippen molar-refractivity contribution in [1.29, 1.82) is 0 Å². The van der Waals surface area contributed by atoms with Crippen LogP contribution in [0.15, 0.2) is 0 Å². The van der Waals surface area contributed by atoms with Gasteiger partial charge in [0.1, 0.15) is 0 Å². The lowest BCUT2D eigenvalue weighted by Gasteiger charge is -2.20. The van der Waals surface area contributed by atoms with Crippen molar-refractivity contribution in [2.75, 3.05) is 13.3 Å². The summed E-state index contributed by atoms with van der Waals surface area (Å²) in [4.78, 5) is 0. The zero-order chi connectivity index (χ0) is 11.2. The summed E-state index contributed by atoms with van der Waals surface area (Å²) in [6.07, 6.45) is -0.495. The number of aliphatic hydroxyl groups is 2. The van der Waals surface area contributed by atoms with Crippen LogP contribution in [0, 0.1) is 5.92 Å². The molecule has 1 atom stereocenters. The van der Waals surface area contributed by atoms with Crippen LogP contribution < -0.4 is 5.32 Å². The Morgan fingerprint density at radius 1 is 1.29 bits per heavy atom. The number of nitrogens with one attached hydrogen (secondary N) is 1. The summed E-state index contributed by atoms with van der Waals surface area (Å²) in [5, 5.41) is 20.7. The molecule has 4 nitrogen and oxygen atoms in total. The molecular weight excluding hydrogens is 182 g/mol. The summed E-state index contributed by atoms with van der Waals surface area (Å²) in [5.41, 5.74) is -0.130.